The number of aryl methyl sites for hydroxylation is 1. The molecule has 1 aliphatic rings. The molecule has 4 nitrogen and oxygen atoms in total. The molecule has 1 fully saturated rings. The van der Waals surface area contributed by atoms with Crippen LogP contribution in [0.1, 0.15) is 37.8 Å². The van der Waals surface area contributed by atoms with Gasteiger partial charge in [0.2, 0.25) is 10.0 Å². The first-order valence-corrected chi connectivity index (χ1v) is 8.89. The van der Waals surface area contributed by atoms with Crippen molar-refractivity contribution >= 4 is 27.2 Å². The molecule has 0 atom stereocenters. The number of hydrogen-bond acceptors (Lipinski definition) is 3. The van der Waals surface area contributed by atoms with E-state index < -0.39 is 10.0 Å². The van der Waals surface area contributed by atoms with Crippen molar-refractivity contribution < 1.29 is 8.42 Å². The molecule has 6 heteroatoms. The Labute approximate surface area is 132 Å². The Hall–Kier alpha value is -0.980. The molecule has 0 saturated carbocycles. The highest BCUT2D eigenvalue weighted by atomic mass is 32.2. The number of piperidine rings is 1. The molecule has 0 bridgehead atoms. The first-order valence-electron chi connectivity index (χ1n) is 7.04. The molecule has 0 amide bonds. The zero-order valence-corrected chi connectivity index (χ0v) is 14.4. The maximum atomic E-state index is 12.8. The maximum Gasteiger partial charge on any atom is 0.243 e. The standard InChI is InChI=1S/C15H22N2O2S2/c1-11-4-5-12(14(16)20)10-13(11)21(18,19)17-8-6-15(2,3)7-9-17/h4-5,10H,6-9H2,1-3H3,(H2,16,20). The summed E-state index contributed by atoms with van der Waals surface area (Å²) in [7, 11) is -3.48. The number of nitrogens with zero attached hydrogens (tertiary/aromatic N) is 1. The molecule has 1 aliphatic heterocycles. The predicted molar refractivity (Wildman–Crippen MR) is 88.8 cm³/mol. The molecule has 0 radical (unpaired) electrons. The minimum Gasteiger partial charge on any atom is -0.389 e. The van der Waals surface area contributed by atoms with Gasteiger partial charge in [-0.25, -0.2) is 8.42 Å². The number of thiocarbonyl (C=S) groups is 1. The van der Waals surface area contributed by atoms with E-state index in [-0.39, 0.29) is 10.4 Å². The highest BCUT2D eigenvalue weighted by Gasteiger charge is 2.33. The van der Waals surface area contributed by atoms with Crippen molar-refractivity contribution in [3.8, 4) is 0 Å². The van der Waals surface area contributed by atoms with E-state index in [4.69, 9.17) is 18.0 Å². The second-order valence-electron chi connectivity index (χ2n) is 6.41. The molecule has 0 aromatic heterocycles. The lowest BCUT2D eigenvalue weighted by Gasteiger charge is -2.36. The number of benzene rings is 1. The van der Waals surface area contributed by atoms with Crippen LogP contribution in [0, 0.1) is 12.3 Å². The van der Waals surface area contributed by atoms with Gasteiger partial charge in [0.1, 0.15) is 4.99 Å². The van der Waals surface area contributed by atoms with E-state index in [1.54, 1.807) is 29.4 Å². The summed E-state index contributed by atoms with van der Waals surface area (Å²) < 4.78 is 27.2. The van der Waals surface area contributed by atoms with Crippen molar-refractivity contribution in [3.63, 3.8) is 0 Å². The van der Waals surface area contributed by atoms with E-state index in [1.165, 1.54) is 0 Å². The third-order valence-electron chi connectivity index (χ3n) is 4.17. The second kappa shape index (κ2) is 5.66. The normalized spacial score (nSPS) is 19.4. The molecule has 1 heterocycles. The summed E-state index contributed by atoms with van der Waals surface area (Å²) in [6.45, 7) is 7.27. The molecule has 116 valence electrons. The van der Waals surface area contributed by atoms with Crippen LogP contribution < -0.4 is 5.73 Å². The fourth-order valence-corrected chi connectivity index (χ4v) is 4.32. The highest BCUT2D eigenvalue weighted by molar-refractivity contribution is 7.89. The van der Waals surface area contributed by atoms with E-state index >= 15 is 0 Å². The summed E-state index contributed by atoms with van der Waals surface area (Å²) >= 11 is 4.94. The summed E-state index contributed by atoms with van der Waals surface area (Å²) in [5, 5.41) is 0. The van der Waals surface area contributed by atoms with Crippen LogP contribution in [-0.4, -0.2) is 30.8 Å². The average molecular weight is 326 g/mol. The first kappa shape index (κ1) is 16.4. The van der Waals surface area contributed by atoms with Crippen LogP contribution >= 0.6 is 12.2 Å². The van der Waals surface area contributed by atoms with Crippen molar-refractivity contribution in [1.29, 1.82) is 0 Å². The van der Waals surface area contributed by atoms with Crippen LogP contribution in [0.5, 0.6) is 0 Å². The molecule has 1 aromatic carbocycles. The monoisotopic (exact) mass is 326 g/mol. The minimum atomic E-state index is -3.48. The second-order valence-corrected chi connectivity index (χ2v) is 8.76. The van der Waals surface area contributed by atoms with Gasteiger partial charge in [0, 0.05) is 18.7 Å². The lowest BCUT2D eigenvalue weighted by molar-refractivity contribution is 0.196. The van der Waals surface area contributed by atoms with Gasteiger partial charge in [-0.1, -0.05) is 38.2 Å². The van der Waals surface area contributed by atoms with Crippen LogP contribution in [0.25, 0.3) is 0 Å². The molecule has 1 aromatic rings. The summed E-state index contributed by atoms with van der Waals surface area (Å²) in [6.07, 6.45) is 1.75. The average Bonchev–Trinajstić information content (AvgIpc) is 2.38. The van der Waals surface area contributed by atoms with E-state index in [9.17, 15) is 8.42 Å². The van der Waals surface area contributed by atoms with Crippen molar-refractivity contribution in [3.05, 3.63) is 29.3 Å². The van der Waals surface area contributed by atoms with Crippen molar-refractivity contribution in [2.45, 2.75) is 38.5 Å². The fourth-order valence-electron chi connectivity index (χ4n) is 2.50. The Balaban J connectivity index is 2.36. The smallest absolute Gasteiger partial charge is 0.243 e. The van der Waals surface area contributed by atoms with E-state index in [0.29, 0.717) is 23.5 Å². The number of nitrogens with two attached hydrogens (primary N) is 1. The molecular weight excluding hydrogens is 304 g/mol. The van der Waals surface area contributed by atoms with E-state index in [1.807, 2.05) is 0 Å². The zero-order chi connectivity index (χ0) is 15.8. The molecule has 2 rings (SSSR count). The van der Waals surface area contributed by atoms with Crippen LogP contribution in [0.2, 0.25) is 0 Å². The van der Waals surface area contributed by atoms with Crippen molar-refractivity contribution in [1.82, 2.24) is 4.31 Å². The molecule has 0 spiro atoms. The number of sulfonamides is 1. The largest absolute Gasteiger partial charge is 0.389 e. The molecule has 0 unspecified atom stereocenters. The molecule has 2 N–H and O–H groups in total. The van der Waals surface area contributed by atoms with Gasteiger partial charge in [-0.05, 0) is 36.8 Å². The zero-order valence-electron chi connectivity index (χ0n) is 12.7. The Bertz CT molecular complexity index is 656. The Morgan fingerprint density at radius 1 is 1.29 bits per heavy atom. The van der Waals surface area contributed by atoms with Gasteiger partial charge >= 0.3 is 0 Å². The van der Waals surface area contributed by atoms with E-state index in [2.05, 4.69) is 13.8 Å². The van der Waals surface area contributed by atoms with Crippen LogP contribution in [0.4, 0.5) is 0 Å². The fraction of sp³-hybridized carbons (Fsp3) is 0.533. The topological polar surface area (TPSA) is 63.4 Å². The Kier molecular flexibility index (Phi) is 4.42. The third-order valence-corrected chi connectivity index (χ3v) is 6.44. The molecule has 1 saturated heterocycles. The summed E-state index contributed by atoms with van der Waals surface area (Å²) in [5.74, 6) is 0. The van der Waals surface area contributed by atoms with Gasteiger partial charge in [0.15, 0.2) is 0 Å². The molecular formula is C15H22N2O2S2. The highest BCUT2D eigenvalue weighted by Crippen LogP contribution is 2.33. The summed E-state index contributed by atoms with van der Waals surface area (Å²) in [5.41, 5.74) is 7.13. The SMILES string of the molecule is Cc1ccc(C(N)=S)cc1S(=O)(=O)N1CCC(C)(C)CC1. The lowest BCUT2D eigenvalue weighted by atomic mass is 9.83. The maximum absolute atomic E-state index is 12.8. The molecule has 0 aliphatic carbocycles. The Morgan fingerprint density at radius 2 is 1.86 bits per heavy atom. The molecule has 21 heavy (non-hydrogen) atoms. The van der Waals surface area contributed by atoms with Gasteiger partial charge in [-0.15, -0.1) is 0 Å². The summed E-state index contributed by atoms with van der Waals surface area (Å²) in [4.78, 5) is 0.527. The Morgan fingerprint density at radius 3 is 2.38 bits per heavy atom. The van der Waals surface area contributed by atoms with Crippen LogP contribution in [0.15, 0.2) is 23.1 Å². The number of rotatable bonds is 3. The van der Waals surface area contributed by atoms with Crippen molar-refractivity contribution in [2.24, 2.45) is 11.1 Å². The van der Waals surface area contributed by atoms with Gasteiger partial charge < -0.3 is 5.73 Å². The minimum absolute atomic E-state index is 0.210. The van der Waals surface area contributed by atoms with Gasteiger partial charge in [0.05, 0.1) is 4.90 Å². The van der Waals surface area contributed by atoms with Crippen molar-refractivity contribution in [2.75, 3.05) is 13.1 Å². The first-order chi connectivity index (χ1) is 9.63. The van der Waals surface area contributed by atoms with Gasteiger partial charge in [0.25, 0.3) is 0 Å². The predicted octanol–water partition coefficient (Wildman–Crippen LogP) is 2.44. The number of hydrogen-bond donors (Lipinski definition) is 1. The van der Waals surface area contributed by atoms with E-state index in [0.717, 1.165) is 18.4 Å². The third kappa shape index (κ3) is 3.44. The van der Waals surface area contributed by atoms with Gasteiger partial charge in [-0.3, -0.25) is 0 Å². The van der Waals surface area contributed by atoms with Gasteiger partial charge in [-0.2, -0.15) is 4.31 Å². The van der Waals surface area contributed by atoms with Crippen LogP contribution in [-0.2, 0) is 10.0 Å². The van der Waals surface area contributed by atoms with Crippen LogP contribution in [0.3, 0.4) is 0 Å². The quantitative estimate of drug-likeness (QED) is 0.867. The lowest BCUT2D eigenvalue weighted by Crippen LogP contribution is -2.41. The summed E-state index contributed by atoms with van der Waals surface area (Å²) in [6, 6.07) is 5.11.